The lowest BCUT2D eigenvalue weighted by Gasteiger charge is -2.32. The molecule has 2 fully saturated rings. The van der Waals surface area contributed by atoms with Gasteiger partial charge in [-0.15, -0.1) is 10.2 Å². The molecule has 2 aliphatic heterocycles. The second-order valence-corrected chi connectivity index (χ2v) is 7.17. The third-order valence-electron chi connectivity index (χ3n) is 5.53. The van der Waals surface area contributed by atoms with Crippen LogP contribution in [0.4, 0.5) is 5.82 Å². The Morgan fingerprint density at radius 3 is 2.70 bits per heavy atom. The lowest BCUT2D eigenvalue weighted by molar-refractivity contribution is 0.0326. The van der Waals surface area contributed by atoms with Crippen LogP contribution in [0, 0.1) is 11.3 Å². The van der Waals surface area contributed by atoms with Gasteiger partial charge in [0.2, 0.25) is 0 Å². The summed E-state index contributed by atoms with van der Waals surface area (Å²) in [6, 6.07) is 5.88. The van der Waals surface area contributed by atoms with Crippen molar-refractivity contribution in [3.05, 3.63) is 35.5 Å². The molecule has 0 atom stereocenters. The van der Waals surface area contributed by atoms with Crippen molar-refractivity contribution in [1.29, 1.82) is 5.26 Å². The Bertz CT molecular complexity index is 814. The number of rotatable bonds is 4. The zero-order chi connectivity index (χ0) is 18.6. The standard InChI is InChI=1S/C19H25N7O/c1-24-17(14-25-9-11-27-12-10-25)22-23-19(24)15-4-7-26(8-5-15)18-16(13-20)3-2-6-21-18/h2-3,6,15H,4-5,7-12,14H2,1H3. The van der Waals surface area contributed by atoms with Crippen molar-refractivity contribution in [1.82, 2.24) is 24.6 Å². The molecule has 0 bridgehead atoms. The van der Waals surface area contributed by atoms with E-state index in [0.717, 1.165) is 76.2 Å². The minimum atomic E-state index is 0.395. The molecule has 2 saturated heterocycles. The van der Waals surface area contributed by atoms with Crippen LogP contribution in [-0.2, 0) is 18.3 Å². The summed E-state index contributed by atoms with van der Waals surface area (Å²) in [5.74, 6) is 3.28. The Hall–Kier alpha value is -2.50. The van der Waals surface area contributed by atoms with E-state index in [0.29, 0.717) is 11.5 Å². The number of pyridine rings is 1. The van der Waals surface area contributed by atoms with Gasteiger partial charge in [0.25, 0.3) is 0 Å². The topological polar surface area (TPSA) is 83.1 Å². The maximum atomic E-state index is 9.30. The summed E-state index contributed by atoms with van der Waals surface area (Å²) in [6.45, 7) is 6.07. The van der Waals surface area contributed by atoms with Crippen LogP contribution in [0.5, 0.6) is 0 Å². The SMILES string of the molecule is Cn1c(CN2CCOCC2)nnc1C1CCN(c2ncccc2C#N)CC1. The fraction of sp³-hybridized carbons (Fsp3) is 0.579. The summed E-state index contributed by atoms with van der Waals surface area (Å²) in [4.78, 5) is 8.99. The lowest BCUT2D eigenvalue weighted by Crippen LogP contribution is -2.36. The molecule has 0 aromatic carbocycles. The van der Waals surface area contributed by atoms with Gasteiger partial charge in [-0.2, -0.15) is 5.26 Å². The van der Waals surface area contributed by atoms with Crippen molar-refractivity contribution in [2.75, 3.05) is 44.3 Å². The van der Waals surface area contributed by atoms with Crippen molar-refractivity contribution < 1.29 is 4.74 Å². The molecule has 2 aliphatic rings. The Morgan fingerprint density at radius 1 is 1.19 bits per heavy atom. The van der Waals surface area contributed by atoms with E-state index in [9.17, 15) is 5.26 Å². The van der Waals surface area contributed by atoms with Crippen LogP contribution in [0.3, 0.4) is 0 Å². The molecule has 0 amide bonds. The first-order chi connectivity index (χ1) is 13.3. The molecule has 0 radical (unpaired) electrons. The van der Waals surface area contributed by atoms with Crippen molar-refractivity contribution in [2.24, 2.45) is 7.05 Å². The zero-order valence-corrected chi connectivity index (χ0v) is 15.7. The highest BCUT2D eigenvalue weighted by Crippen LogP contribution is 2.30. The maximum Gasteiger partial charge on any atom is 0.146 e. The van der Waals surface area contributed by atoms with Crippen LogP contribution in [-0.4, -0.2) is 64.0 Å². The lowest BCUT2D eigenvalue weighted by atomic mass is 9.95. The number of morpholine rings is 1. The summed E-state index contributed by atoms with van der Waals surface area (Å²) in [5, 5.41) is 18.3. The van der Waals surface area contributed by atoms with Crippen molar-refractivity contribution >= 4 is 5.82 Å². The second kappa shape index (κ2) is 8.03. The highest BCUT2D eigenvalue weighted by atomic mass is 16.5. The van der Waals surface area contributed by atoms with Gasteiger partial charge in [-0.1, -0.05) is 0 Å². The molecular weight excluding hydrogens is 342 g/mol. The van der Waals surface area contributed by atoms with Crippen LogP contribution in [0.15, 0.2) is 18.3 Å². The van der Waals surface area contributed by atoms with Gasteiger partial charge in [0.05, 0.1) is 25.3 Å². The largest absolute Gasteiger partial charge is 0.379 e. The normalized spacial score (nSPS) is 19.2. The molecule has 2 aromatic rings. The number of hydrogen-bond donors (Lipinski definition) is 0. The van der Waals surface area contributed by atoms with Crippen molar-refractivity contribution in [3.63, 3.8) is 0 Å². The monoisotopic (exact) mass is 367 g/mol. The minimum absolute atomic E-state index is 0.395. The van der Waals surface area contributed by atoms with Crippen molar-refractivity contribution in [3.8, 4) is 6.07 Å². The summed E-state index contributed by atoms with van der Waals surface area (Å²) >= 11 is 0. The van der Waals surface area contributed by atoms with E-state index in [1.54, 1.807) is 6.20 Å². The minimum Gasteiger partial charge on any atom is -0.379 e. The first-order valence-corrected chi connectivity index (χ1v) is 9.54. The number of ether oxygens (including phenoxy) is 1. The predicted molar refractivity (Wildman–Crippen MR) is 100 cm³/mol. The van der Waals surface area contributed by atoms with E-state index in [1.165, 1.54) is 0 Å². The second-order valence-electron chi connectivity index (χ2n) is 7.17. The van der Waals surface area contributed by atoms with Gasteiger partial charge in [-0.25, -0.2) is 4.98 Å². The molecule has 8 heteroatoms. The predicted octanol–water partition coefficient (Wildman–Crippen LogP) is 1.30. The van der Waals surface area contributed by atoms with E-state index in [-0.39, 0.29) is 0 Å². The van der Waals surface area contributed by atoms with Gasteiger partial charge < -0.3 is 14.2 Å². The highest BCUT2D eigenvalue weighted by Gasteiger charge is 2.27. The van der Waals surface area contributed by atoms with Crippen LogP contribution in [0.25, 0.3) is 0 Å². The highest BCUT2D eigenvalue weighted by molar-refractivity contribution is 5.53. The van der Waals surface area contributed by atoms with Gasteiger partial charge in [0.1, 0.15) is 23.5 Å². The molecule has 2 aromatic heterocycles. The summed E-state index contributed by atoms with van der Waals surface area (Å²) in [6.07, 6.45) is 3.73. The number of nitriles is 1. The molecule has 27 heavy (non-hydrogen) atoms. The average molecular weight is 367 g/mol. The Balaban J connectivity index is 1.40. The van der Waals surface area contributed by atoms with Crippen LogP contribution in [0.1, 0.15) is 36.0 Å². The van der Waals surface area contributed by atoms with Gasteiger partial charge in [0, 0.05) is 45.3 Å². The number of nitrogens with zero attached hydrogens (tertiary/aromatic N) is 7. The molecular formula is C19H25N7O. The summed E-state index contributed by atoms with van der Waals surface area (Å²) < 4.78 is 7.58. The van der Waals surface area contributed by atoms with Gasteiger partial charge >= 0.3 is 0 Å². The summed E-state index contributed by atoms with van der Waals surface area (Å²) in [7, 11) is 2.07. The van der Waals surface area contributed by atoms with Gasteiger partial charge in [0.15, 0.2) is 0 Å². The molecule has 0 N–H and O–H groups in total. The fourth-order valence-corrected chi connectivity index (χ4v) is 3.91. The molecule has 0 aliphatic carbocycles. The molecule has 0 saturated carbocycles. The van der Waals surface area contributed by atoms with E-state index >= 15 is 0 Å². The van der Waals surface area contributed by atoms with Gasteiger partial charge in [-0.05, 0) is 25.0 Å². The summed E-state index contributed by atoms with van der Waals surface area (Å²) in [5.41, 5.74) is 0.641. The molecule has 4 rings (SSSR count). The van der Waals surface area contributed by atoms with Crippen LogP contribution >= 0.6 is 0 Å². The molecule has 0 spiro atoms. The number of aromatic nitrogens is 4. The third-order valence-corrected chi connectivity index (χ3v) is 5.53. The maximum absolute atomic E-state index is 9.30. The Labute approximate surface area is 159 Å². The van der Waals surface area contributed by atoms with Crippen LogP contribution < -0.4 is 4.90 Å². The van der Waals surface area contributed by atoms with E-state index in [2.05, 4.69) is 42.7 Å². The molecule has 0 unspecified atom stereocenters. The Morgan fingerprint density at radius 2 is 1.96 bits per heavy atom. The van der Waals surface area contributed by atoms with Gasteiger partial charge in [-0.3, -0.25) is 4.90 Å². The Kier molecular flexibility index (Phi) is 5.32. The molecule has 8 nitrogen and oxygen atoms in total. The van der Waals surface area contributed by atoms with E-state index < -0.39 is 0 Å². The quantitative estimate of drug-likeness (QED) is 0.805. The smallest absolute Gasteiger partial charge is 0.146 e. The molecule has 4 heterocycles. The van der Waals surface area contributed by atoms with E-state index in [1.807, 2.05) is 12.1 Å². The average Bonchev–Trinajstić information content (AvgIpc) is 3.09. The third kappa shape index (κ3) is 3.80. The first-order valence-electron chi connectivity index (χ1n) is 9.54. The number of hydrogen-bond acceptors (Lipinski definition) is 7. The first kappa shape index (κ1) is 17.9. The number of anilines is 1. The fourth-order valence-electron chi connectivity index (χ4n) is 3.91. The van der Waals surface area contributed by atoms with Crippen LogP contribution in [0.2, 0.25) is 0 Å². The van der Waals surface area contributed by atoms with E-state index in [4.69, 9.17) is 4.74 Å². The molecule has 142 valence electrons. The zero-order valence-electron chi connectivity index (χ0n) is 15.7. The van der Waals surface area contributed by atoms with Crippen molar-refractivity contribution in [2.45, 2.75) is 25.3 Å². The number of piperidine rings is 1.